The molecule has 2 aromatic carbocycles. The number of ether oxygens (including phenoxy) is 2. The summed E-state index contributed by atoms with van der Waals surface area (Å²) in [5.74, 6) is 1.44. The summed E-state index contributed by atoms with van der Waals surface area (Å²) in [7, 11) is 0. The van der Waals surface area contributed by atoms with E-state index >= 15 is 0 Å². The Hall–Kier alpha value is -3.02. The van der Waals surface area contributed by atoms with Crippen molar-refractivity contribution in [2.24, 2.45) is 0 Å². The van der Waals surface area contributed by atoms with Gasteiger partial charge in [0, 0.05) is 30.3 Å². The molecule has 2 aromatic rings. The molecule has 0 aromatic heterocycles. The first kappa shape index (κ1) is 20.7. The van der Waals surface area contributed by atoms with Gasteiger partial charge >= 0.3 is 0 Å². The Labute approximate surface area is 171 Å². The molecule has 154 valence electrons. The fraction of sp³-hybridized carbons (Fsp3) is 0.391. The normalized spacial score (nSPS) is 14.3. The van der Waals surface area contributed by atoms with Crippen molar-refractivity contribution in [3.63, 3.8) is 0 Å². The maximum atomic E-state index is 12.7. The number of likely N-dealkylation sites (tertiary alicyclic amines) is 1. The van der Waals surface area contributed by atoms with Crippen LogP contribution in [0, 0.1) is 0 Å². The summed E-state index contributed by atoms with van der Waals surface area (Å²) in [5, 5.41) is 3.07. The van der Waals surface area contributed by atoms with E-state index in [1.165, 1.54) is 0 Å². The lowest BCUT2D eigenvalue weighted by Crippen LogP contribution is -2.46. The second-order valence-corrected chi connectivity index (χ2v) is 6.95. The number of amides is 2. The molecule has 1 aliphatic rings. The molecule has 29 heavy (non-hydrogen) atoms. The van der Waals surface area contributed by atoms with Gasteiger partial charge in [-0.1, -0.05) is 0 Å². The lowest BCUT2D eigenvalue weighted by atomic mass is 10.0. The number of carbonyl (C=O) groups excluding carboxylic acids is 2. The highest BCUT2D eigenvalue weighted by molar-refractivity contribution is 5.95. The Morgan fingerprint density at radius 2 is 1.34 bits per heavy atom. The van der Waals surface area contributed by atoms with Gasteiger partial charge in [0.2, 0.25) is 0 Å². The first-order chi connectivity index (χ1) is 14.1. The van der Waals surface area contributed by atoms with E-state index in [1.807, 2.05) is 30.9 Å². The maximum Gasteiger partial charge on any atom is 0.253 e. The van der Waals surface area contributed by atoms with Crippen LogP contribution < -0.4 is 14.8 Å². The van der Waals surface area contributed by atoms with E-state index in [0.29, 0.717) is 37.4 Å². The second-order valence-electron chi connectivity index (χ2n) is 6.95. The zero-order valence-electron chi connectivity index (χ0n) is 17.0. The molecule has 0 bridgehead atoms. The molecule has 3 rings (SSSR count). The van der Waals surface area contributed by atoms with Crippen LogP contribution in [-0.2, 0) is 0 Å². The molecule has 1 aliphatic heterocycles. The number of nitrogens with zero attached hydrogens (tertiary/aromatic N) is 1. The number of benzene rings is 2. The Bertz CT molecular complexity index is 810. The first-order valence-electron chi connectivity index (χ1n) is 10.2. The smallest absolute Gasteiger partial charge is 0.253 e. The van der Waals surface area contributed by atoms with Crippen LogP contribution in [0.15, 0.2) is 48.5 Å². The number of hydrogen-bond donors (Lipinski definition) is 1. The van der Waals surface area contributed by atoms with E-state index in [2.05, 4.69) is 5.32 Å². The molecular formula is C23H28N2O4. The van der Waals surface area contributed by atoms with E-state index in [4.69, 9.17) is 9.47 Å². The molecule has 0 spiro atoms. The van der Waals surface area contributed by atoms with Gasteiger partial charge in [0.05, 0.1) is 13.2 Å². The van der Waals surface area contributed by atoms with Gasteiger partial charge in [-0.05, 0) is 75.2 Å². The van der Waals surface area contributed by atoms with E-state index in [1.54, 1.807) is 36.4 Å². The van der Waals surface area contributed by atoms with Crippen molar-refractivity contribution >= 4 is 11.8 Å². The number of nitrogens with one attached hydrogen (secondary N) is 1. The van der Waals surface area contributed by atoms with Gasteiger partial charge in [-0.25, -0.2) is 0 Å². The molecule has 0 unspecified atom stereocenters. The molecule has 6 nitrogen and oxygen atoms in total. The first-order valence-corrected chi connectivity index (χ1v) is 10.2. The van der Waals surface area contributed by atoms with Crippen LogP contribution in [0.3, 0.4) is 0 Å². The minimum absolute atomic E-state index is 0.0179. The molecule has 6 heteroatoms. The standard InChI is InChI=1S/C23H28N2O4/c1-3-28-20-9-5-17(6-10-20)22(26)24-19-13-15-25(16-14-19)23(27)18-7-11-21(12-8-18)29-4-2/h5-12,19H,3-4,13-16H2,1-2H3,(H,24,26). The van der Waals surface area contributed by atoms with Crippen molar-refractivity contribution in [3.8, 4) is 11.5 Å². The van der Waals surface area contributed by atoms with Crippen LogP contribution in [0.4, 0.5) is 0 Å². The van der Waals surface area contributed by atoms with Gasteiger partial charge in [0.1, 0.15) is 11.5 Å². The van der Waals surface area contributed by atoms with Gasteiger partial charge in [0.15, 0.2) is 0 Å². The lowest BCUT2D eigenvalue weighted by molar-refractivity contribution is 0.0698. The summed E-state index contributed by atoms with van der Waals surface area (Å²) in [6.45, 7) is 6.30. The zero-order valence-corrected chi connectivity index (χ0v) is 17.0. The van der Waals surface area contributed by atoms with E-state index in [-0.39, 0.29) is 17.9 Å². The molecule has 1 heterocycles. The molecule has 0 saturated carbocycles. The highest BCUT2D eigenvalue weighted by Crippen LogP contribution is 2.18. The monoisotopic (exact) mass is 396 g/mol. The number of piperidine rings is 1. The molecule has 1 N–H and O–H groups in total. The molecule has 2 amide bonds. The highest BCUT2D eigenvalue weighted by atomic mass is 16.5. The van der Waals surface area contributed by atoms with Crippen LogP contribution in [0.1, 0.15) is 47.4 Å². The summed E-state index contributed by atoms with van der Waals surface area (Å²) in [6.07, 6.45) is 1.48. The average Bonchev–Trinajstić information content (AvgIpc) is 2.75. The van der Waals surface area contributed by atoms with Crippen LogP contribution in [0.5, 0.6) is 11.5 Å². The largest absolute Gasteiger partial charge is 0.494 e. The van der Waals surface area contributed by atoms with Crippen molar-refractivity contribution in [2.75, 3.05) is 26.3 Å². The van der Waals surface area contributed by atoms with Crippen molar-refractivity contribution in [2.45, 2.75) is 32.7 Å². The maximum absolute atomic E-state index is 12.7. The van der Waals surface area contributed by atoms with Crippen LogP contribution >= 0.6 is 0 Å². The van der Waals surface area contributed by atoms with Gasteiger partial charge in [-0.15, -0.1) is 0 Å². The molecule has 0 radical (unpaired) electrons. The minimum Gasteiger partial charge on any atom is -0.494 e. The third kappa shape index (κ3) is 5.50. The second kappa shape index (κ2) is 9.96. The zero-order chi connectivity index (χ0) is 20.6. The number of rotatable bonds is 7. The summed E-state index contributed by atoms with van der Waals surface area (Å²) in [4.78, 5) is 27.0. The SMILES string of the molecule is CCOc1ccc(C(=O)NC2CCN(C(=O)c3ccc(OCC)cc3)CC2)cc1. The summed E-state index contributed by atoms with van der Waals surface area (Å²) >= 11 is 0. The highest BCUT2D eigenvalue weighted by Gasteiger charge is 2.25. The fourth-order valence-corrected chi connectivity index (χ4v) is 3.41. The molecule has 0 aliphatic carbocycles. The quantitative estimate of drug-likeness (QED) is 0.778. The summed E-state index contributed by atoms with van der Waals surface area (Å²) in [5.41, 5.74) is 1.27. The predicted molar refractivity (Wildman–Crippen MR) is 112 cm³/mol. The lowest BCUT2D eigenvalue weighted by Gasteiger charge is -2.32. The Kier molecular flexibility index (Phi) is 7.11. The Morgan fingerprint density at radius 1 is 0.862 bits per heavy atom. The Balaban J connectivity index is 1.49. The van der Waals surface area contributed by atoms with Crippen LogP contribution in [-0.4, -0.2) is 49.1 Å². The van der Waals surface area contributed by atoms with Gasteiger partial charge in [0.25, 0.3) is 11.8 Å². The van der Waals surface area contributed by atoms with Crippen molar-refractivity contribution in [1.82, 2.24) is 10.2 Å². The number of hydrogen-bond acceptors (Lipinski definition) is 4. The summed E-state index contributed by atoms with van der Waals surface area (Å²) in [6, 6.07) is 14.4. The minimum atomic E-state index is -0.0932. The van der Waals surface area contributed by atoms with Crippen molar-refractivity contribution in [1.29, 1.82) is 0 Å². The van der Waals surface area contributed by atoms with Crippen LogP contribution in [0.25, 0.3) is 0 Å². The van der Waals surface area contributed by atoms with Crippen molar-refractivity contribution in [3.05, 3.63) is 59.7 Å². The summed E-state index contributed by atoms with van der Waals surface area (Å²) < 4.78 is 10.8. The fourth-order valence-electron chi connectivity index (χ4n) is 3.41. The third-order valence-corrected chi connectivity index (χ3v) is 4.96. The molecule has 1 saturated heterocycles. The number of carbonyl (C=O) groups is 2. The van der Waals surface area contributed by atoms with E-state index in [9.17, 15) is 9.59 Å². The van der Waals surface area contributed by atoms with Gasteiger partial charge < -0.3 is 19.7 Å². The third-order valence-electron chi connectivity index (χ3n) is 4.96. The average molecular weight is 396 g/mol. The molecular weight excluding hydrogens is 368 g/mol. The van der Waals surface area contributed by atoms with E-state index < -0.39 is 0 Å². The Morgan fingerprint density at radius 3 is 1.83 bits per heavy atom. The van der Waals surface area contributed by atoms with Crippen molar-refractivity contribution < 1.29 is 19.1 Å². The van der Waals surface area contributed by atoms with Gasteiger partial charge in [-0.2, -0.15) is 0 Å². The molecule has 0 atom stereocenters. The van der Waals surface area contributed by atoms with E-state index in [0.717, 1.165) is 24.3 Å². The van der Waals surface area contributed by atoms with Crippen LogP contribution in [0.2, 0.25) is 0 Å². The predicted octanol–water partition coefficient (Wildman–Crippen LogP) is 3.52. The molecule has 1 fully saturated rings. The topological polar surface area (TPSA) is 67.9 Å². The van der Waals surface area contributed by atoms with Gasteiger partial charge in [-0.3, -0.25) is 9.59 Å².